The van der Waals surface area contributed by atoms with E-state index in [1.54, 1.807) is 19.1 Å². The molecule has 0 atom stereocenters. The summed E-state index contributed by atoms with van der Waals surface area (Å²) in [5.74, 6) is -0.939. The summed E-state index contributed by atoms with van der Waals surface area (Å²) in [6, 6.07) is 9.09. The van der Waals surface area contributed by atoms with Gasteiger partial charge in [-0.05, 0) is 57.5 Å². The van der Waals surface area contributed by atoms with Crippen molar-refractivity contribution in [2.24, 2.45) is 5.41 Å². The van der Waals surface area contributed by atoms with Crippen LogP contribution in [0.5, 0.6) is 5.75 Å². The highest BCUT2D eigenvalue weighted by Crippen LogP contribution is 2.38. The number of aryl methyl sites for hydroxylation is 2. The average Bonchev–Trinajstić information content (AvgIpc) is 2.79. The van der Waals surface area contributed by atoms with Gasteiger partial charge in [0, 0.05) is 0 Å². The van der Waals surface area contributed by atoms with Crippen molar-refractivity contribution in [1.29, 1.82) is 0 Å². The van der Waals surface area contributed by atoms with E-state index in [9.17, 15) is 21.6 Å². The van der Waals surface area contributed by atoms with Crippen molar-refractivity contribution in [3.8, 4) is 5.75 Å². The van der Waals surface area contributed by atoms with Gasteiger partial charge < -0.3 is 4.74 Å². The van der Waals surface area contributed by atoms with Crippen LogP contribution in [0.15, 0.2) is 41.3 Å². The number of hydrogen-bond acceptors (Lipinski definition) is 6. The lowest BCUT2D eigenvalue weighted by molar-refractivity contribution is -0.123. The lowest BCUT2D eigenvalue weighted by atomic mass is 9.95. The second-order valence-electron chi connectivity index (χ2n) is 7.97. The van der Waals surface area contributed by atoms with Crippen molar-refractivity contribution in [2.75, 3.05) is 21.9 Å². The molecule has 1 saturated heterocycles. The van der Waals surface area contributed by atoms with Crippen LogP contribution in [0.1, 0.15) is 25.0 Å². The lowest BCUT2D eigenvalue weighted by Gasteiger charge is -2.20. The Kier molecular flexibility index (Phi) is 5.36. The first-order valence-electron chi connectivity index (χ1n) is 9.14. The molecule has 0 radical (unpaired) electrons. The number of nitrogens with zero attached hydrogens (tertiary/aromatic N) is 1. The zero-order chi connectivity index (χ0) is 22.5. The Morgan fingerprint density at radius 2 is 1.77 bits per heavy atom. The van der Waals surface area contributed by atoms with E-state index in [0.717, 1.165) is 17.2 Å². The van der Waals surface area contributed by atoms with Crippen molar-refractivity contribution in [3.63, 3.8) is 0 Å². The van der Waals surface area contributed by atoms with Crippen LogP contribution in [0.2, 0.25) is 0 Å². The summed E-state index contributed by atoms with van der Waals surface area (Å²) in [5, 5.41) is 0. The monoisotopic (exact) mass is 452 g/mol. The molecule has 0 saturated carbocycles. The molecule has 1 amide bonds. The number of rotatable bonds is 5. The molecule has 1 aliphatic rings. The maximum absolute atomic E-state index is 13.1. The van der Waals surface area contributed by atoms with Gasteiger partial charge in [0.25, 0.3) is 10.0 Å². The minimum atomic E-state index is -4.13. The van der Waals surface area contributed by atoms with E-state index in [1.807, 2.05) is 13.0 Å². The quantitative estimate of drug-likeness (QED) is 0.747. The highest BCUT2D eigenvalue weighted by Gasteiger charge is 2.50. The summed E-state index contributed by atoms with van der Waals surface area (Å²) in [5.41, 5.74) is 0.948. The highest BCUT2D eigenvalue weighted by molar-refractivity contribution is 7.94. The summed E-state index contributed by atoms with van der Waals surface area (Å²) in [6.45, 7) is 6.74. The largest absolute Gasteiger partial charge is 0.495 e. The number of benzene rings is 2. The number of anilines is 2. The van der Waals surface area contributed by atoms with Crippen LogP contribution < -0.4 is 13.8 Å². The molecule has 10 heteroatoms. The Bertz CT molecular complexity index is 1230. The molecule has 0 spiro atoms. The van der Waals surface area contributed by atoms with Gasteiger partial charge in [0.15, 0.2) is 0 Å². The highest BCUT2D eigenvalue weighted by atomic mass is 32.2. The maximum atomic E-state index is 13.1. The van der Waals surface area contributed by atoms with Gasteiger partial charge in [-0.2, -0.15) is 0 Å². The number of amides is 1. The van der Waals surface area contributed by atoms with Crippen LogP contribution in [0, 0.1) is 19.3 Å². The van der Waals surface area contributed by atoms with Crippen molar-refractivity contribution in [1.82, 2.24) is 0 Å². The summed E-state index contributed by atoms with van der Waals surface area (Å²) >= 11 is 0. The first kappa shape index (κ1) is 22.1. The topological polar surface area (TPSA) is 110 Å². The minimum Gasteiger partial charge on any atom is -0.495 e. The summed E-state index contributed by atoms with van der Waals surface area (Å²) < 4.78 is 59.7. The molecule has 3 rings (SSSR count). The average molecular weight is 453 g/mol. The molecule has 1 heterocycles. The van der Waals surface area contributed by atoms with Crippen molar-refractivity contribution < 1.29 is 26.4 Å². The summed E-state index contributed by atoms with van der Waals surface area (Å²) in [4.78, 5) is 12.4. The van der Waals surface area contributed by atoms with E-state index < -0.39 is 31.4 Å². The lowest BCUT2D eigenvalue weighted by Crippen LogP contribution is -2.33. The van der Waals surface area contributed by atoms with E-state index in [4.69, 9.17) is 4.74 Å². The fourth-order valence-electron chi connectivity index (χ4n) is 3.39. The van der Waals surface area contributed by atoms with E-state index >= 15 is 0 Å². The standard InChI is InChI=1S/C20H24N2O6S2/c1-13-6-8-16(14(2)10-13)21-30(26,27)18-11-15(7-9-17(18)28-5)22-19(23)20(3,4)12-29(22,24)25/h6-11,21H,12H2,1-5H3. The normalized spacial score (nSPS) is 17.8. The molecule has 2 aromatic rings. The third-order valence-corrected chi connectivity index (χ3v) is 8.29. The predicted octanol–water partition coefficient (Wildman–Crippen LogP) is 2.82. The molecule has 0 bridgehead atoms. The second-order valence-corrected chi connectivity index (χ2v) is 11.4. The van der Waals surface area contributed by atoms with E-state index in [0.29, 0.717) is 9.99 Å². The van der Waals surface area contributed by atoms with Gasteiger partial charge in [0.1, 0.15) is 10.6 Å². The fraction of sp³-hybridized carbons (Fsp3) is 0.350. The zero-order valence-corrected chi connectivity index (χ0v) is 19.0. The molecule has 30 heavy (non-hydrogen) atoms. The van der Waals surface area contributed by atoms with Gasteiger partial charge in [0.05, 0.1) is 29.7 Å². The molecule has 1 N–H and O–H groups in total. The predicted molar refractivity (Wildman–Crippen MR) is 115 cm³/mol. The van der Waals surface area contributed by atoms with Gasteiger partial charge in [0.2, 0.25) is 15.9 Å². The van der Waals surface area contributed by atoms with Gasteiger partial charge >= 0.3 is 0 Å². The van der Waals surface area contributed by atoms with Gasteiger partial charge in [-0.25, -0.2) is 21.1 Å². The van der Waals surface area contributed by atoms with Crippen LogP contribution in [-0.4, -0.2) is 35.6 Å². The fourth-order valence-corrected chi connectivity index (χ4v) is 6.81. The van der Waals surface area contributed by atoms with Crippen LogP contribution in [-0.2, 0) is 24.8 Å². The number of carbonyl (C=O) groups is 1. The molecule has 8 nitrogen and oxygen atoms in total. The molecular formula is C20H24N2O6S2. The first-order chi connectivity index (χ1) is 13.8. The second kappa shape index (κ2) is 7.28. The molecule has 162 valence electrons. The number of carbonyl (C=O) groups excluding carboxylic acids is 1. The molecule has 1 aliphatic heterocycles. The number of sulfonamides is 2. The van der Waals surface area contributed by atoms with Gasteiger partial charge in [-0.15, -0.1) is 0 Å². The number of ether oxygens (including phenoxy) is 1. The Labute approximate surface area is 177 Å². The molecule has 1 fully saturated rings. The SMILES string of the molecule is COc1ccc(N2C(=O)C(C)(C)CS2(=O)=O)cc1S(=O)(=O)Nc1ccc(C)cc1C. The van der Waals surface area contributed by atoms with Crippen LogP contribution >= 0.6 is 0 Å². The third kappa shape index (κ3) is 3.89. The van der Waals surface area contributed by atoms with Crippen LogP contribution in [0.4, 0.5) is 11.4 Å². The molecule has 0 unspecified atom stereocenters. The van der Waals surface area contributed by atoms with Gasteiger partial charge in [-0.3, -0.25) is 9.52 Å². The Balaban J connectivity index is 2.10. The smallest absolute Gasteiger partial charge is 0.265 e. The number of hydrogen-bond donors (Lipinski definition) is 1. The van der Waals surface area contributed by atoms with Crippen molar-refractivity contribution >= 4 is 37.3 Å². The summed E-state index contributed by atoms with van der Waals surface area (Å²) in [7, 11) is -6.74. The van der Waals surface area contributed by atoms with E-state index in [-0.39, 0.29) is 22.1 Å². The molecule has 0 aliphatic carbocycles. The third-order valence-electron chi connectivity index (χ3n) is 4.88. The molecule has 2 aromatic carbocycles. The van der Waals surface area contributed by atoms with Gasteiger partial charge in [-0.1, -0.05) is 17.7 Å². The van der Waals surface area contributed by atoms with Crippen molar-refractivity contribution in [2.45, 2.75) is 32.6 Å². The van der Waals surface area contributed by atoms with Crippen molar-refractivity contribution in [3.05, 3.63) is 47.5 Å². The van der Waals surface area contributed by atoms with Crippen LogP contribution in [0.3, 0.4) is 0 Å². The Morgan fingerprint density at radius 3 is 2.30 bits per heavy atom. The zero-order valence-electron chi connectivity index (χ0n) is 17.4. The molecular weight excluding hydrogens is 428 g/mol. The number of nitrogens with one attached hydrogen (secondary N) is 1. The maximum Gasteiger partial charge on any atom is 0.265 e. The number of methoxy groups -OCH3 is 1. The first-order valence-corrected chi connectivity index (χ1v) is 12.2. The Hall–Kier alpha value is -2.59. The van der Waals surface area contributed by atoms with E-state index in [1.165, 1.54) is 33.1 Å². The van der Waals surface area contributed by atoms with Crippen LogP contribution in [0.25, 0.3) is 0 Å². The molecule has 0 aromatic heterocycles. The summed E-state index contributed by atoms with van der Waals surface area (Å²) in [6.07, 6.45) is 0. The van der Waals surface area contributed by atoms with E-state index in [2.05, 4.69) is 4.72 Å². The minimum absolute atomic E-state index is 0.0271. The Morgan fingerprint density at radius 1 is 1.10 bits per heavy atom.